The largest absolute Gasteiger partial charge is 0.0654 e. The van der Waals surface area contributed by atoms with Crippen molar-refractivity contribution in [2.75, 3.05) is 0 Å². The standard InChI is InChI=1S/C9H19/c1-4-6-8-9(3)7-5-2/h7,9H,4-6,8H2,1-3H3. The lowest BCUT2D eigenvalue weighted by molar-refractivity contribution is 0.553. The monoisotopic (exact) mass is 127 g/mol. The summed E-state index contributed by atoms with van der Waals surface area (Å²) in [5.41, 5.74) is 0. The fourth-order valence-electron chi connectivity index (χ4n) is 1.05. The SMILES string of the molecule is CC[CH]C(C)CCCC. The molecule has 9 heavy (non-hydrogen) atoms. The lowest BCUT2D eigenvalue weighted by Crippen LogP contribution is -1.93. The van der Waals surface area contributed by atoms with E-state index in [1.807, 2.05) is 0 Å². The summed E-state index contributed by atoms with van der Waals surface area (Å²) in [5, 5.41) is 0. The third kappa shape index (κ3) is 5.88. The van der Waals surface area contributed by atoms with Crippen LogP contribution in [0.1, 0.15) is 46.5 Å². The molecule has 0 bridgehead atoms. The van der Waals surface area contributed by atoms with Crippen molar-refractivity contribution < 1.29 is 0 Å². The summed E-state index contributed by atoms with van der Waals surface area (Å²) in [5.74, 6) is 0.843. The average Bonchev–Trinajstić information content (AvgIpc) is 1.85. The van der Waals surface area contributed by atoms with Gasteiger partial charge < -0.3 is 0 Å². The van der Waals surface area contributed by atoms with Gasteiger partial charge in [0, 0.05) is 0 Å². The first kappa shape index (κ1) is 9.00. The van der Waals surface area contributed by atoms with Crippen LogP contribution < -0.4 is 0 Å². The van der Waals surface area contributed by atoms with Crippen LogP contribution >= 0.6 is 0 Å². The van der Waals surface area contributed by atoms with E-state index in [1.165, 1.54) is 25.7 Å². The molecule has 0 heterocycles. The van der Waals surface area contributed by atoms with E-state index in [0.29, 0.717) is 0 Å². The van der Waals surface area contributed by atoms with E-state index in [-0.39, 0.29) is 0 Å². The molecule has 0 N–H and O–H groups in total. The first-order valence-electron chi connectivity index (χ1n) is 4.14. The van der Waals surface area contributed by atoms with Crippen molar-refractivity contribution in [3.8, 4) is 0 Å². The van der Waals surface area contributed by atoms with Crippen LogP contribution in [0, 0.1) is 12.3 Å². The Bertz CT molecular complexity index is 48.0. The molecule has 0 amide bonds. The van der Waals surface area contributed by atoms with Gasteiger partial charge in [-0.25, -0.2) is 0 Å². The van der Waals surface area contributed by atoms with E-state index in [4.69, 9.17) is 0 Å². The molecule has 0 saturated carbocycles. The van der Waals surface area contributed by atoms with Crippen molar-refractivity contribution in [1.29, 1.82) is 0 Å². The van der Waals surface area contributed by atoms with Gasteiger partial charge in [-0.3, -0.25) is 0 Å². The van der Waals surface area contributed by atoms with E-state index < -0.39 is 0 Å². The molecule has 1 unspecified atom stereocenters. The second-order valence-electron chi connectivity index (χ2n) is 2.76. The molecule has 0 fully saturated rings. The summed E-state index contributed by atoms with van der Waals surface area (Å²) in [6.07, 6.45) is 7.73. The summed E-state index contributed by atoms with van der Waals surface area (Å²) in [6.45, 7) is 6.76. The lowest BCUT2D eigenvalue weighted by atomic mass is 10.00. The molecule has 0 aliphatic rings. The summed E-state index contributed by atoms with van der Waals surface area (Å²) < 4.78 is 0. The van der Waals surface area contributed by atoms with Gasteiger partial charge in [0.05, 0.1) is 0 Å². The van der Waals surface area contributed by atoms with Crippen molar-refractivity contribution >= 4 is 0 Å². The van der Waals surface area contributed by atoms with Crippen molar-refractivity contribution in [1.82, 2.24) is 0 Å². The van der Waals surface area contributed by atoms with E-state index >= 15 is 0 Å². The normalized spacial score (nSPS) is 13.7. The lowest BCUT2D eigenvalue weighted by Gasteiger charge is -2.06. The van der Waals surface area contributed by atoms with Crippen LogP contribution in [0.25, 0.3) is 0 Å². The molecule has 0 heteroatoms. The molecule has 0 aromatic carbocycles. The first-order chi connectivity index (χ1) is 4.31. The predicted molar refractivity (Wildman–Crippen MR) is 43.3 cm³/mol. The third-order valence-electron chi connectivity index (χ3n) is 1.65. The Morgan fingerprint density at radius 3 is 2.44 bits per heavy atom. The molecule has 0 aromatic rings. The highest BCUT2D eigenvalue weighted by molar-refractivity contribution is 4.69. The molecule has 0 aliphatic carbocycles. The van der Waals surface area contributed by atoms with Crippen molar-refractivity contribution in [3.63, 3.8) is 0 Å². The molecule has 0 spiro atoms. The quantitative estimate of drug-likeness (QED) is 0.530. The van der Waals surface area contributed by atoms with Crippen LogP contribution in [0.3, 0.4) is 0 Å². The predicted octanol–water partition coefficient (Wildman–Crippen LogP) is 3.43. The van der Waals surface area contributed by atoms with Gasteiger partial charge in [-0.05, 0) is 12.3 Å². The van der Waals surface area contributed by atoms with E-state index in [1.54, 1.807) is 0 Å². The van der Waals surface area contributed by atoms with Crippen LogP contribution in [0.2, 0.25) is 0 Å². The fraction of sp³-hybridized carbons (Fsp3) is 0.889. The zero-order valence-electron chi connectivity index (χ0n) is 6.98. The van der Waals surface area contributed by atoms with E-state index in [9.17, 15) is 0 Å². The van der Waals surface area contributed by atoms with Gasteiger partial charge in [-0.2, -0.15) is 0 Å². The van der Waals surface area contributed by atoms with Crippen molar-refractivity contribution in [3.05, 3.63) is 6.42 Å². The molecular weight excluding hydrogens is 108 g/mol. The number of hydrogen-bond acceptors (Lipinski definition) is 0. The molecule has 0 nitrogen and oxygen atoms in total. The topological polar surface area (TPSA) is 0 Å². The van der Waals surface area contributed by atoms with Gasteiger partial charge >= 0.3 is 0 Å². The molecule has 0 rings (SSSR count). The summed E-state index contributed by atoms with van der Waals surface area (Å²) >= 11 is 0. The summed E-state index contributed by atoms with van der Waals surface area (Å²) in [7, 11) is 0. The second-order valence-corrected chi connectivity index (χ2v) is 2.76. The third-order valence-corrected chi connectivity index (χ3v) is 1.65. The molecule has 1 atom stereocenters. The Morgan fingerprint density at radius 1 is 1.33 bits per heavy atom. The molecular formula is C9H19. The molecule has 0 saturated heterocycles. The summed E-state index contributed by atoms with van der Waals surface area (Å²) in [6, 6.07) is 0. The van der Waals surface area contributed by atoms with E-state index in [2.05, 4.69) is 27.2 Å². The maximum Gasteiger partial charge on any atom is -0.0360 e. The van der Waals surface area contributed by atoms with Gasteiger partial charge in [0.2, 0.25) is 0 Å². The van der Waals surface area contributed by atoms with Crippen LogP contribution in [0.15, 0.2) is 0 Å². The highest BCUT2D eigenvalue weighted by Gasteiger charge is 1.97. The highest BCUT2D eigenvalue weighted by atomic mass is 14.0. The average molecular weight is 127 g/mol. The zero-order valence-corrected chi connectivity index (χ0v) is 6.98. The molecule has 0 aliphatic heterocycles. The van der Waals surface area contributed by atoms with Crippen molar-refractivity contribution in [2.24, 2.45) is 5.92 Å². The van der Waals surface area contributed by atoms with Crippen LogP contribution in [0.5, 0.6) is 0 Å². The van der Waals surface area contributed by atoms with Crippen LogP contribution in [-0.2, 0) is 0 Å². The number of rotatable bonds is 5. The summed E-state index contributed by atoms with van der Waals surface area (Å²) in [4.78, 5) is 0. The molecule has 55 valence electrons. The maximum absolute atomic E-state index is 2.40. The Labute approximate surface area is 59.7 Å². The van der Waals surface area contributed by atoms with Gasteiger partial charge in [0.15, 0.2) is 0 Å². The van der Waals surface area contributed by atoms with Crippen LogP contribution in [0.4, 0.5) is 0 Å². The minimum absolute atomic E-state index is 0.843. The Balaban J connectivity index is 2.95. The molecule has 1 radical (unpaired) electrons. The highest BCUT2D eigenvalue weighted by Crippen LogP contribution is 2.11. The minimum atomic E-state index is 0.843. The molecule has 0 aromatic heterocycles. The Morgan fingerprint density at radius 2 is 2.00 bits per heavy atom. The second kappa shape index (κ2) is 6.12. The van der Waals surface area contributed by atoms with Gasteiger partial charge in [-0.1, -0.05) is 46.5 Å². The van der Waals surface area contributed by atoms with Gasteiger partial charge in [0.25, 0.3) is 0 Å². The van der Waals surface area contributed by atoms with Gasteiger partial charge in [-0.15, -0.1) is 0 Å². The Kier molecular flexibility index (Phi) is 6.12. The number of unbranched alkanes of at least 4 members (excludes halogenated alkanes) is 1. The fourth-order valence-corrected chi connectivity index (χ4v) is 1.05. The first-order valence-corrected chi connectivity index (χ1v) is 4.14. The van der Waals surface area contributed by atoms with Crippen LogP contribution in [-0.4, -0.2) is 0 Å². The van der Waals surface area contributed by atoms with Gasteiger partial charge in [0.1, 0.15) is 0 Å². The number of hydrogen-bond donors (Lipinski definition) is 0. The zero-order chi connectivity index (χ0) is 7.11. The van der Waals surface area contributed by atoms with Crippen molar-refractivity contribution in [2.45, 2.75) is 46.5 Å². The smallest absolute Gasteiger partial charge is 0.0360 e. The van der Waals surface area contributed by atoms with E-state index in [0.717, 1.165) is 5.92 Å². The maximum atomic E-state index is 2.40. The minimum Gasteiger partial charge on any atom is -0.0654 e. The Hall–Kier alpha value is 0.